The van der Waals surface area contributed by atoms with Crippen molar-refractivity contribution in [1.29, 1.82) is 0 Å². The fourth-order valence-electron chi connectivity index (χ4n) is 2.56. The molecule has 3 heterocycles. The van der Waals surface area contributed by atoms with Gasteiger partial charge in [-0.3, -0.25) is 0 Å². The summed E-state index contributed by atoms with van der Waals surface area (Å²) in [5, 5.41) is -0.798. The number of nitrogens with zero attached hydrogens (tertiary/aromatic N) is 1. The van der Waals surface area contributed by atoms with Gasteiger partial charge in [0.2, 0.25) is 10.0 Å². The first kappa shape index (κ1) is 13.2. The maximum atomic E-state index is 12.0. The molecule has 3 N–H and O–H groups in total. The van der Waals surface area contributed by atoms with E-state index in [0.717, 1.165) is 32.5 Å². The number of hydrogen-bond donors (Lipinski definition) is 2. The predicted molar refractivity (Wildman–Crippen MR) is 71.3 cm³/mol. The topological polar surface area (TPSA) is 75.4 Å². The average Bonchev–Trinajstić information content (AvgIpc) is 2.28. The van der Waals surface area contributed by atoms with E-state index in [2.05, 4.69) is 9.62 Å². The lowest BCUT2D eigenvalue weighted by Crippen LogP contribution is -2.58. The van der Waals surface area contributed by atoms with Gasteiger partial charge in [-0.05, 0) is 38.8 Å². The first-order valence-electron chi connectivity index (χ1n) is 5.93. The highest BCUT2D eigenvalue weighted by Gasteiger charge is 2.37. The van der Waals surface area contributed by atoms with Crippen LogP contribution in [0.25, 0.3) is 0 Å². The zero-order valence-corrected chi connectivity index (χ0v) is 11.6. The molecule has 3 rings (SSSR count). The second-order valence-electron chi connectivity index (χ2n) is 4.95. The van der Waals surface area contributed by atoms with Gasteiger partial charge >= 0.3 is 0 Å². The Balaban J connectivity index is 2.04. The third kappa shape index (κ3) is 2.78. The number of fused-ring (bicyclic) bond motifs is 3. The second-order valence-corrected chi connectivity index (χ2v) is 7.46. The minimum Gasteiger partial charge on any atom is -0.392 e. The van der Waals surface area contributed by atoms with E-state index in [1.165, 1.54) is 6.92 Å². The highest BCUT2D eigenvalue weighted by molar-refractivity contribution is 7.93. The van der Waals surface area contributed by atoms with Crippen molar-refractivity contribution in [3.63, 3.8) is 0 Å². The molecule has 0 spiro atoms. The van der Waals surface area contributed by atoms with Gasteiger partial charge in [0.05, 0.1) is 4.99 Å². The van der Waals surface area contributed by atoms with Gasteiger partial charge in [0, 0.05) is 12.6 Å². The quantitative estimate of drug-likeness (QED) is 0.689. The summed E-state index contributed by atoms with van der Waals surface area (Å²) in [6.45, 7) is 4.53. The summed E-state index contributed by atoms with van der Waals surface area (Å²) < 4.78 is 26.8. The summed E-state index contributed by atoms with van der Waals surface area (Å²) in [6, 6.07) is 0.0271. The third-order valence-electron chi connectivity index (χ3n) is 3.84. The molecule has 7 heteroatoms. The summed E-state index contributed by atoms with van der Waals surface area (Å²) in [5.74, 6) is 0.466. The monoisotopic (exact) mass is 277 g/mol. The summed E-state index contributed by atoms with van der Waals surface area (Å²) in [7, 11) is -3.42. The van der Waals surface area contributed by atoms with Crippen molar-refractivity contribution >= 4 is 27.2 Å². The first-order valence-corrected chi connectivity index (χ1v) is 7.88. The molecule has 0 amide bonds. The molecule has 3 aliphatic heterocycles. The van der Waals surface area contributed by atoms with Gasteiger partial charge in [0.1, 0.15) is 5.25 Å². The minimum atomic E-state index is -3.42. The molecule has 98 valence electrons. The molecule has 17 heavy (non-hydrogen) atoms. The Hall–Kier alpha value is -0.240. The van der Waals surface area contributed by atoms with Crippen LogP contribution in [0, 0.1) is 5.92 Å². The molecule has 3 saturated heterocycles. The molecular formula is C10H19N3O2S2. The highest BCUT2D eigenvalue weighted by Crippen LogP contribution is 2.28. The number of hydrogen-bond acceptors (Lipinski definition) is 4. The smallest absolute Gasteiger partial charge is 0.221 e. The highest BCUT2D eigenvalue weighted by atomic mass is 32.2. The fourth-order valence-corrected chi connectivity index (χ4v) is 4.14. The predicted octanol–water partition coefficient (Wildman–Crippen LogP) is -0.325. The van der Waals surface area contributed by atoms with E-state index >= 15 is 0 Å². The lowest BCUT2D eigenvalue weighted by molar-refractivity contribution is 0.0826. The molecule has 0 aromatic heterocycles. The Morgan fingerprint density at radius 2 is 2.06 bits per heavy atom. The average molecular weight is 277 g/mol. The molecule has 0 aliphatic carbocycles. The molecule has 2 atom stereocenters. The molecule has 3 fully saturated rings. The Labute approximate surface area is 108 Å². The van der Waals surface area contributed by atoms with Gasteiger partial charge < -0.3 is 10.6 Å². The van der Waals surface area contributed by atoms with E-state index in [1.54, 1.807) is 0 Å². The zero-order chi connectivity index (χ0) is 12.6. The molecule has 0 aromatic carbocycles. The van der Waals surface area contributed by atoms with E-state index in [9.17, 15) is 8.42 Å². The number of piperidine rings is 3. The van der Waals surface area contributed by atoms with Crippen LogP contribution in [0.2, 0.25) is 0 Å². The lowest BCUT2D eigenvalue weighted by Gasteiger charge is -2.44. The number of nitrogens with two attached hydrogens (primary N) is 1. The van der Waals surface area contributed by atoms with Crippen LogP contribution in [0.15, 0.2) is 0 Å². The van der Waals surface area contributed by atoms with E-state index in [1.807, 2.05) is 0 Å². The molecular weight excluding hydrogens is 258 g/mol. The third-order valence-corrected chi connectivity index (χ3v) is 6.16. The molecule has 2 bridgehead atoms. The zero-order valence-electron chi connectivity index (χ0n) is 9.93. The maximum Gasteiger partial charge on any atom is 0.221 e. The van der Waals surface area contributed by atoms with Crippen LogP contribution in [0.1, 0.15) is 19.8 Å². The molecule has 0 radical (unpaired) electrons. The summed E-state index contributed by atoms with van der Waals surface area (Å²) in [4.78, 5) is 2.33. The van der Waals surface area contributed by atoms with Crippen molar-refractivity contribution in [3.05, 3.63) is 0 Å². The molecule has 0 saturated carbocycles. The molecule has 3 aliphatic rings. The van der Waals surface area contributed by atoms with Crippen LogP contribution in [0.3, 0.4) is 0 Å². The van der Waals surface area contributed by atoms with Gasteiger partial charge in [-0.1, -0.05) is 12.2 Å². The van der Waals surface area contributed by atoms with E-state index in [4.69, 9.17) is 18.0 Å². The Bertz CT molecular complexity index is 402. The van der Waals surface area contributed by atoms with Gasteiger partial charge in [-0.25, -0.2) is 13.1 Å². The van der Waals surface area contributed by atoms with Crippen LogP contribution in [-0.2, 0) is 10.0 Å². The fraction of sp³-hybridized carbons (Fsp3) is 0.900. The molecule has 2 unspecified atom stereocenters. The molecule has 5 nitrogen and oxygen atoms in total. The van der Waals surface area contributed by atoms with Gasteiger partial charge in [0.15, 0.2) is 0 Å². The van der Waals surface area contributed by atoms with Gasteiger partial charge in [-0.2, -0.15) is 0 Å². The van der Waals surface area contributed by atoms with Gasteiger partial charge in [-0.15, -0.1) is 0 Å². The summed E-state index contributed by atoms with van der Waals surface area (Å²) in [5.41, 5.74) is 5.40. The second kappa shape index (κ2) is 4.79. The first-order chi connectivity index (χ1) is 7.90. The largest absolute Gasteiger partial charge is 0.392 e. The van der Waals surface area contributed by atoms with Crippen molar-refractivity contribution in [1.82, 2.24) is 9.62 Å². The number of sulfonamides is 1. The lowest BCUT2D eigenvalue weighted by atomic mass is 9.85. The Kier molecular flexibility index (Phi) is 3.72. The summed E-state index contributed by atoms with van der Waals surface area (Å²) in [6.07, 6.45) is 2.16. The van der Waals surface area contributed by atoms with Crippen molar-refractivity contribution in [2.75, 3.05) is 19.6 Å². The molecule has 0 aromatic rings. The van der Waals surface area contributed by atoms with Crippen molar-refractivity contribution in [3.8, 4) is 0 Å². The Morgan fingerprint density at radius 1 is 1.47 bits per heavy atom. The minimum absolute atomic E-state index is 0.0266. The van der Waals surface area contributed by atoms with Crippen molar-refractivity contribution in [2.24, 2.45) is 11.7 Å². The normalized spacial score (nSPS) is 34.5. The van der Waals surface area contributed by atoms with E-state index in [0.29, 0.717) is 5.92 Å². The van der Waals surface area contributed by atoms with Crippen molar-refractivity contribution in [2.45, 2.75) is 31.1 Å². The number of rotatable bonds is 4. The van der Waals surface area contributed by atoms with Crippen LogP contribution in [-0.4, -0.2) is 49.2 Å². The number of nitrogens with one attached hydrogen (secondary N) is 1. The van der Waals surface area contributed by atoms with E-state index in [-0.39, 0.29) is 11.0 Å². The summed E-state index contributed by atoms with van der Waals surface area (Å²) >= 11 is 4.75. The van der Waals surface area contributed by atoms with Crippen LogP contribution in [0.4, 0.5) is 0 Å². The van der Waals surface area contributed by atoms with Crippen molar-refractivity contribution < 1.29 is 8.42 Å². The van der Waals surface area contributed by atoms with E-state index < -0.39 is 15.3 Å². The Morgan fingerprint density at radius 3 is 2.47 bits per heavy atom. The standard InChI is InChI=1S/C10H19N3O2S2/c1-7(10(11)16)17(14,15)12-9-6-13-4-2-8(9)3-5-13/h7-9,12H,2-6H2,1H3,(H2,11,16). The van der Waals surface area contributed by atoms with Crippen LogP contribution in [0.5, 0.6) is 0 Å². The van der Waals surface area contributed by atoms with Crippen LogP contribution >= 0.6 is 12.2 Å². The number of thiocarbonyl (C=S) groups is 1. The maximum absolute atomic E-state index is 12.0. The van der Waals surface area contributed by atoms with Gasteiger partial charge in [0.25, 0.3) is 0 Å². The van der Waals surface area contributed by atoms with Crippen LogP contribution < -0.4 is 10.5 Å². The SMILES string of the molecule is CC(C(N)=S)S(=O)(=O)NC1CN2CCC1CC2.